The highest BCUT2D eigenvalue weighted by molar-refractivity contribution is 7.46. The lowest BCUT2D eigenvalue weighted by Crippen LogP contribution is -2.55. The lowest BCUT2D eigenvalue weighted by atomic mass is 10.0. The molecule has 4 aromatic heterocycles. The Kier molecular flexibility index (Phi) is 19.0. The number of nitrogens with zero attached hydrogens (tertiary/aromatic N) is 10. The van der Waals surface area contributed by atoms with E-state index in [2.05, 4.69) is 50.0 Å². The zero-order valence-corrected chi connectivity index (χ0v) is 41.4. The van der Waals surface area contributed by atoms with Gasteiger partial charge in [-0.05, 0) is 39.5 Å². The van der Waals surface area contributed by atoms with Gasteiger partial charge in [-0.1, -0.05) is 59.7 Å². The number of carbonyl (C=O) groups excluding carboxylic acids is 2. The third kappa shape index (κ3) is 13.9. The number of phosphoric ester groups is 2. The number of nitrogens with one attached hydrogen (secondary N) is 2. The van der Waals surface area contributed by atoms with E-state index in [1.165, 1.54) is 41.5 Å². The third-order valence-corrected chi connectivity index (χ3v) is 14.2. The molecule has 2 fully saturated rings. The third-order valence-electron chi connectivity index (χ3n) is 10.3. The summed E-state index contributed by atoms with van der Waals surface area (Å²) in [4.78, 5) is 74.4. The van der Waals surface area contributed by atoms with Crippen molar-refractivity contribution in [2.75, 3.05) is 50.2 Å². The molecule has 2 unspecified atom stereocenters. The van der Waals surface area contributed by atoms with Crippen LogP contribution in [0.3, 0.4) is 0 Å². The fourth-order valence-corrected chi connectivity index (χ4v) is 9.66. The van der Waals surface area contributed by atoms with Gasteiger partial charge < -0.3 is 59.7 Å². The number of anilines is 2. The molecular weight excluding hydrogens is 997 g/mol. The Labute approximate surface area is 396 Å². The van der Waals surface area contributed by atoms with E-state index in [0.717, 1.165) is 4.57 Å². The van der Waals surface area contributed by atoms with Gasteiger partial charge in [0.1, 0.15) is 40.8 Å². The number of hydrogen-bond donors (Lipinski definition) is 8. The van der Waals surface area contributed by atoms with Crippen molar-refractivity contribution in [1.82, 2.24) is 50.1 Å². The molecule has 8 N–H and O–H groups in total. The standard InChI is InChI=1S/2C17H26ClN6O7PS/c1-4-11-13(18)20-14(24(11)8-31-32(27,28)29)15(26)19-10-5-6-23(7-12(10)30-3)17-22-21-16(33-17)9(2)25;1-4-10-13(18)24(8-31-32(27,28)29)14(19-10)15(26)20-11-5-6-23(7-12(11)30-3)17-22-21-16(33-17)9(2)25/h9-10,12,25H,4-8H2,1-3H3,(H,19,26)(H2,27,28,29);9,11-12,25H,4-8H2,1-3H3,(H,20,26)(H2,27,28,29)/t9?,10-,12+;9?,11-,12+/m11/s1. The van der Waals surface area contributed by atoms with E-state index >= 15 is 0 Å². The Morgan fingerprint density at radius 1 is 0.742 bits per heavy atom. The molecule has 26 nitrogen and oxygen atoms in total. The number of hydrogen-bond acceptors (Lipinski definition) is 20. The number of aryl methyl sites for hydroxylation is 1. The van der Waals surface area contributed by atoms with Gasteiger partial charge in [0.15, 0.2) is 5.15 Å². The van der Waals surface area contributed by atoms with Crippen LogP contribution in [-0.4, -0.2) is 146 Å². The van der Waals surface area contributed by atoms with Crippen LogP contribution >= 0.6 is 61.5 Å². The normalized spacial score (nSPS) is 20.2. The fraction of sp³-hybridized carbons (Fsp3) is 0.647. The first-order chi connectivity index (χ1) is 31.1. The summed E-state index contributed by atoms with van der Waals surface area (Å²) in [6.07, 6.45) is -0.316. The molecule has 0 spiro atoms. The number of ether oxygens (including phenoxy) is 2. The van der Waals surface area contributed by atoms with E-state index in [0.29, 0.717) is 83.5 Å². The van der Waals surface area contributed by atoms with Crippen LogP contribution in [0.1, 0.15) is 95.4 Å². The van der Waals surface area contributed by atoms with Crippen molar-refractivity contribution in [1.29, 1.82) is 0 Å². The average Bonchev–Trinajstić information content (AvgIpc) is 4.08. The second kappa shape index (κ2) is 23.3. The van der Waals surface area contributed by atoms with Crippen molar-refractivity contribution in [3.63, 3.8) is 0 Å². The number of aromatic nitrogens is 8. The quantitative estimate of drug-likeness (QED) is 0.0662. The minimum atomic E-state index is -4.78. The van der Waals surface area contributed by atoms with E-state index in [4.69, 9.17) is 52.2 Å². The molecule has 2 amide bonds. The summed E-state index contributed by atoms with van der Waals surface area (Å²) in [5.41, 5.74) is 0.818. The highest BCUT2D eigenvalue weighted by atomic mass is 35.5. The number of halogens is 2. The molecule has 368 valence electrons. The van der Waals surface area contributed by atoms with Crippen molar-refractivity contribution >= 4 is 83.6 Å². The number of amides is 2. The summed E-state index contributed by atoms with van der Waals surface area (Å²) in [5, 5.41) is 43.8. The number of imidazole rings is 2. The number of rotatable bonds is 18. The van der Waals surface area contributed by atoms with E-state index in [1.54, 1.807) is 27.7 Å². The molecule has 0 aliphatic carbocycles. The largest absolute Gasteiger partial charge is 0.471 e. The zero-order valence-electron chi connectivity index (χ0n) is 36.4. The van der Waals surface area contributed by atoms with Crippen molar-refractivity contribution < 1.29 is 67.0 Å². The van der Waals surface area contributed by atoms with Crippen LogP contribution in [0.2, 0.25) is 10.3 Å². The van der Waals surface area contributed by atoms with Crippen molar-refractivity contribution in [3.8, 4) is 0 Å². The van der Waals surface area contributed by atoms with Gasteiger partial charge in [0.2, 0.25) is 21.9 Å². The molecule has 2 saturated heterocycles. The lowest BCUT2D eigenvalue weighted by Gasteiger charge is -2.37. The van der Waals surface area contributed by atoms with E-state index in [9.17, 15) is 28.9 Å². The molecule has 0 aromatic carbocycles. The van der Waals surface area contributed by atoms with E-state index in [-0.39, 0.29) is 46.2 Å². The molecule has 6 rings (SSSR count). The molecule has 0 bridgehead atoms. The van der Waals surface area contributed by atoms with Crippen LogP contribution in [-0.2, 0) is 54.0 Å². The van der Waals surface area contributed by atoms with Gasteiger partial charge in [-0.3, -0.25) is 27.8 Å². The van der Waals surface area contributed by atoms with Gasteiger partial charge in [0.05, 0.1) is 35.7 Å². The Hall–Kier alpha value is -3.28. The number of aliphatic hydroxyl groups excluding tert-OH is 2. The Morgan fingerprint density at radius 2 is 1.18 bits per heavy atom. The van der Waals surface area contributed by atoms with Crippen LogP contribution in [0, 0.1) is 0 Å². The Morgan fingerprint density at radius 3 is 1.56 bits per heavy atom. The highest BCUT2D eigenvalue weighted by Crippen LogP contribution is 2.38. The van der Waals surface area contributed by atoms with E-state index < -0.39 is 53.1 Å². The van der Waals surface area contributed by atoms with E-state index in [1.807, 2.05) is 9.80 Å². The van der Waals surface area contributed by atoms with Crippen LogP contribution in [0.4, 0.5) is 10.3 Å². The van der Waals surface area contributed by atoms with Gasteiger partial charge in [-0.25, -0.2) is 19.1 Å². The van der Waals surface area contributed by atoms with Gasteiger partial charge >= 0.3 is 15.6 Å². The van der Waals surface area contributed by atoms with Crippen molar-refractivity contribution in [2.45, 2.75) is 103 Å². The Balaban J connectivity index is 0.000000247. The molecule has 2 aliphatic rings. The predicted octanol–water partition coefficient (Wildman–Crippen LogP) is 2.19. The second-order valence-electron chi connectivity index (χ2n) is 14.8. The molecule has 6 heterocycles. The zero-order chi connectivity index (χ0) is 48.7. The van der Waals surface area contributed by atoms with Gasteiger partial charge in [0, 0.05) is 40.4 Å². The fourth-order valence-electron chi connectivity index (χ4n) is 6.87. The van der Waals surface area contributed by atoms with Crippen LogP contribution in [0.5, 0.6) is 0 Å². The number of piperidine rings is 2. The first-order valence-electron chi connectivity index (χ1n) is 20.2. The number of carbonyl (C=O) groups is 2. The summed E-state index contributed by atoms with van der Waals surface area (Å²) < 4.78 is 44.9. The molecule has 4 aromatic rings. The molecule has 0 saturated carbocycles. The number of methoxy groups -OCH3 is 2. The monoisotopic (exact) mass is 1050 g/mol. The van der Waals surface area contributed by atoms with Crippen LogP contribution in [0.25, 0.3) is 0 Å². The summed E-state index contributed by atoms with van der Waals surface area (Å²) in [6.45, 7) is 7.59. The molecule has 32 heteroatoms. The average molecular weight is 1050 g/mol. The van der Waals surface area contributed by atoms with Gasteiger partial charge in [0.25, 0.3) is 11.8 Å². The predicted molar refractivity (Wildman–Crippen MR) is 238 cm³/mol. The minimum Gasteiger partial charge on any atom is -0.386 e. The van der Waals surface area contributed by atoms with Crippen LogP contribution in [0.15, 0.2) is 0 Å². The Bertz CT molecular complexity index is 2290. The highest BCUT2D eigenvalue weighted by Gasteiger charge is 2.36. The first kappa shape index (κ1) is 53.7. The topological polar surface area (TPSA) is 344 Å². The van der Waals surface area contributed by atoms with Crippen LogP contribution < -0.4 is 20.4 Å². The molecule has 6 atom stereocenters. The second-order valence-corrected chi connectivity index (χ2v) is 20.0. The maximum absolute atomic E-state index is 13.0. The minimum absolute atomic E-state index is 0.0558. The molecule has 66 heavy (non-hydrogen) atoms. The smallest absolute Gasteiger partial charge is 0.386 e. The van der Waals surface area contributed by atoms with Crippen molar-refractivity contribution in [3.05, 3.63) is 43.4 Å². The summed E-state index contributed by atoms with van der Waals surface area (Å²) in [7, 11) is -6.47. The molecule has 0 radical (unpaired) electrons. The number of phosphoric acid groups is 2. The maximum Gasteiger partial charge on any atom is 0.471 e. The summed E-state index contributed by atoms with van der Waals surface area (Å²) in [6, 6.07) is -0.723. The maximum atomic E-state index is 13.0. The summed E-state index contributed by atoms with van der Waals surface area (Å²) in [5.74, 6) is -1.38. The van der Waals surface area contributed by atoms with Gasteiger partial charge in [-0.2, -0.15) is 0 Å². The SMILES string of the molecule is CCc1c(Cl)nc(C(=O)N[C@@H]2CCN(c3nnc(C(C)O)s3)C[C@@H]2OC)n1COP(=O)(O)O.CCc1nc(C(=O)N[C@@H]2CCN(c3nnc(C(C)O)s3)C[C@@H]2OC)n(COP(=O)(O)O)c1Cl. The first-order valence-corrected chi connectivity index (χ1v) is 25.6. The van der Waals surface area contributed by atoms with Crippen molar-refractivity contribution in [2.24, 2.45) is 0 Å². The summed E-state index contributed by atoms with van der Waals surface area (Å²) >= 11 is 15.0. The van der Waals surface area contributed by atoms with Gasteiger partial charge in [-0.15, -0.1) is 20.4 Å². The number of aliphatic hydroxyl groups is 2. The molecule has 2 aliphatic heterocycles. The lowest BCUT2D eigenvalue weighted by molar-refractivity contribution is 0.0532. The molecular formula is C34H52Cl2N12O14P2S2.